The van der Waals surface area contributed by atoms with Crippen LogP contribution in [0.1, 0.15) is 0 Å². The fourth-order valence-electron chi connectivity index (χ4n) is 0. The molecule has 0 rings (SSSR count). The van der Waals surface area contributed by atoms with Crippen LogP contribution in [0.15, 0.2) is 0 Å². The van der Waals surface area contributed by atoms with E-state index in [4.69, 9.17) is 0 Å². The predicted octanol–water partition coefficient (Wildman–Crippen LogP) is -2.11. The van der Waals surface area contributed by atoms with Crippen LogP contribution in [0.5, 0.6) is 0 Å². The maximum atomic E-state index is 0. The molecule has 0 N–H and O–H groups in total. The van der Waals surface area contributed by atoms with E-state index in [-0.39, 0.29) is 81.2 Å². The van der Waals surface area contributed by atoms with Gasteiger partial charge >= 0.3 is 36.9 Å². The summed E-state index contributed by atoms with van der Waals surface area (Å²) in [6, 6.07) is 0. The van der Waals surface area contributed by atoms with E-state index < -0.39 is 0 Å². The average molecular weight is 330 g/mol. The normalized spacial score (nSPS) is 0. The summed E-state index contributed by atoms with van der Waals surface area (Å²) < 4.78 is 0. The van der Waals surface area contributed by atoms with Crippen LogP contribution in [0.25, 0.3) is 0 Å². The van der Waals surface area contributed by atoms with Gasteiger partial charge in [-0.15, -0.1) is 0 Å². The molecule has 0 aromatic heterocycles. The Bertz CT molecular complexity index is 8.00. The van der Waals surface area contributed by atoms with Gasteiger partial charge in [0, 0.05) is 44.4 Å². The fraction of sp³-hybridized carbons (Fsp3) is 0. The van der Waals surface area contributed by atoms with E-state index in [2.05, 4.69) is 0 Å². The summed E-state index contributed by atoms with van der Waals surface area (Å²) in [4.78, 5) is 0. The Morgan fingerprint density at radius 1 is 1.00 bits per heavy atom. The second-order valence-electron chi connectivity index (χ2n) is 0. The van der Waals surface area contributed by atoms with Gasteiger partial charge in [-0.1, -0.05) is 0 Å². The van der Waals surface area contributed by atoms with E-state index in [0.29, 0.717) is 0 Å². The summed E-state index contributed by atoms with van der Waals surface area (Å²) in [7, 11) is 0. The second kappa shape index (κ2) is 17.5. The van der Waals surface area contributed by atoms with Crippen LogP contribution in [0.4, 0.5) is 0 Å². The molecule has 0 aromatic carbocycles. The molecule has 0 aliphatic heterocycles. The first kappa shape index (κ1) is 30.6. The van der Waals surface area contributed by atoms with Crippen molar-refractivity contribution >= 4 is 36.9 Å². The van der Waals surface area contributed by atoms with Gasteiger partial charge in [0.05, 0.1) is 0 Å². The summed E-state index contributed by atoms with van der Waals surface area (Å²) in [5, 5.41) is 0. The van der Waals surface area contributed by atoms with Crippen LogP contribution in [-0.4, -0.2) is 36.9 Å². The Balaban J connectivity index is 0. The first-order chi connectivity index (χ1) is 0. The SMILES string of the molecule is [Cd].[Cu].[GaH3].[SeH2]. The molecule has 27 valence electrons. The molecule has 0 aliphatic carbocycles. The zero-order chi connectivity index (χ0) is 0. The zero-order valence-electron chi connectivity index (χ0n) is 1.51. The van der Waals surface area contributed by atoms with Crippen molar-refractivity contribution < 1.29 is 44.4 Å². The molecule has 0 aliphatic rings. The van der Waals surface area contributed by atoms with Crippen molar-refractivity contribution in [2.75, 3.05) is 0 Å². The molecule has 4 heavy (non-hydrogen) atoms. The second-order valence-corrected chi connectivity index (χ2v) is 0. The van der Waals surface area contributed by atoms with E-state index in [9.17, 15) is 0 Å². The molecular formula is H5CdCuGaSe. The van der Waals surface area contributed by atoms with Crippen molar-refractivity contribution in [2.45, 2.75) is 0 Å². The third kappa shape index (κ3) is 8.82. The third-order valence-electron chi connectivity index (χ3n) is 0. The molecule has 0 aromatic rings. The van der Waals surface area contributed by atoms with Crippen LogP contribution in [0.2, 0.25) is 0 Å². The van der Waals surface area contributed by atoms with Crippen molar-refractivity contribution in [2.24, 2.45) is 0 Å². The van der Waals surface area contributed by atoms with Crippen molar-refractivity contribution in [1.82, 2.24) is 0 Å². The zero-order valence-corrected chi connectivity index (χ0v) is 8.58. The van der Waals surface area contributed by atoms with E-state index in [1.54, 1.807) is 0 Å². The van der Waals surface area contributed by atoms with Crippen molar-refractivity contribution in [3.05, 3.63) is 0 Å². The van der Waals surface area contributed by atoms with Gasteiger partial charge in [0.15, 0.2) is 0 Å². The summed E-state index contributed by atoms with van der Waals surface area (Å²) in [5.41, 5.74) is 0. The minimum atomic E-state index is 0. The Morgan fingerprint density at radius 2 is 1.00 bits per heavy atom. The van der Waals surface area contributed by atoms with Gasteiger partial charge in [0.2, 0.25) is 0 Å². The quantitative estimate of drug-likeness (QED) is 0.447. The van der Waals surface area contributed by atoms with Crippen molar-refractivity contribution in [3.8, 4) is 0 Å². The van der Waals surface area contributed by atoms with Gasteiger partial charge in [-0.25, -0.2) is 0 Å². The van der Waals surface area contributed by atoms with Gasteiger partial charge in [-0.3, -0.25) is 0 Å². The monoisotopic (exact) mass is 331 g/mol. The average Bonchev–Trinajstić information content (AvgIpc) is 0. The van der Waals surface area contributed by atoms with Gasteiger partial charge < -0.3 is 0 Å². The summed E-state index contributed by atoms with van der Waals surface area (Å²) in [6.45, 7) is 0. The molecular weight excluding hydrogens is 325 g/mol. The Hall–Kier alpha value is 2.60. The van der Waals surface area contributed by atoms with Crippen LogP contribution in [0.3, 0.4) is 0 Å². The summed E-state index contributed by atoms with van der Waals surface area (Å²) >= 11 is 0. The Kier molecular flexibility index (Phi) is 134. The summed E-state index contributed by atoms with van der Waals surface area (Å²) in [6.07, 6.45) is 0. The van der Waals surface area contributed by atoms with Gasteiger partial charge in [0.25, 0.3) is 0 Å². The van der Waals surface area contributed by atoms with E-state index in [1.165, 1.54) is 0 Å². The molecule has 0 spiro atoms. The number of hydrogen-bond donors (Lipinski definition) is 0. The van der Waals surface area contributed by atoms with Crippen molar-refractivity contribution in [1.29, 1.82) is 0 Å². The van der Waals surface area contributed by atoms with E-state index in [0.717, 1.165) is 0 Å². The third-order valence-corrected chi connectivity index (χ3v) is 0. The molecule has 1 radical (unpaired) electrons. The van der Waals surface area contributed by atoms with E-state index >= 15 is 0 Å². The molecule has 0 fully saturated rings. The van der Waals surface area contributed by atoms with Crippen LogP contribution in [-0.2, 0) is 44.4 Å². The van der Waals surface area contributed by atoms with Gasteiger partial charge in [-0.05, 0) is 0 Å². The molecule has 0 amide bonds. The first-order valence-corrected chi connectivity index (χ1v) is 0. The molecule has 0 bridgehead atoms. The van der Waals surface area contributed by atoms with Crippen LogP contribution in [0, 0.1) is 0 Å². The van der Waals surface area contributed by atoms with E-state index in [1.807, 2.05) is 0 Å². The molecule has 0 atom stereocenters. The Morgan fingerprint density at radius 3 is 1.00 bits per heavy atom. The number of rotatable bonds is 0. The molecule has 0 heterocycles. The van der Waals surface area contributed by atoms with Gasteiger partial charge in [0.1, 0.15) is 0 Å². The predicted molar refractivity (Wildman–Crippen MR) is 18.5 cm³/mol. The van der Waals surface area contributed by atoms with Gasteiger partial charge in [-0.2, -0.15) is 0 Å². The molecule has 0 nitrogen and oxygen atoms in total. The fourth-order valence-corrected chi connectivity index (χ4v) is 0. The molecule has 4 heteroatoms. The topological polar surface area (TPSA) is 0 Å². The number of hydrogen-bond acceptors (Lipinski definition) is 0. The van der Waals surface area contributed by atoms with Crippen LogP contribution < -0.4 is 0 Å². The summed E-state index contributed by atoms with van der Waals surface area (Å²) in [5.74, 6) is 0. The molecule has 0 saturated heterocycles. The molecule has 0 saturated carbocycles. The maximum absolute atomic E-state index is 0. The minimum absolute atomic E-state index is 0. The standard InChI is InChI=1S/Cd.Cu.Ga.H2Se.3H/h;;;1H2;;;. The van der Waals surface area contributed by atoms with Crippen molar-refractivity contribution in [3.63, 3.8) is 0 Å². The Labute approximate surface area is 80.0 Å². The van der Waals surface area contributed by atoms with Crippen LogP contribution >= 0.6 is 0 Å². The first-order valence-electron chi connectivity index (χ1n) is 0. The molecule has 0 unspecified atom stereocenters.